The van der Waals surface area contributed by atoms with Crippen molar-refractivity contribution in [3.05, 3.63) is 170 Å². The van der Waals surface area contributed by atoms with E-state index >= 15 is 0 Å². The number of furan rings is 2. The lowest BCUT2D eigenvalue weighted by molar-refractivity contribution is 0.668. The summed E-state index contributed by atoms with van der Waals surface area (Å²) in [6, 6.07) is 60.3. The van der Waals surface area contributed by atoms with Gasteiger partial charge in [0.05, 0.1) is 11.0 Å². The standard InChI is InChI=1S/C46H28N2O2/c1-2-10-31(11-3-1)48-41-15-7-4-12-35(41)36-22-20-33(27-42(36)48)47(34-21-23-39-37-13-5-8-16-43(37)50-46(39)28-34)32-19-18-29-26-45-40(25-30(29)24-32)38-14-6-9-17-44(38)49-45/h1-28H. The van der Waals surface area contributed by atoms with Crippen LogP contribution >= 0.6 is 0 Å². The molecule has 0 aliphatic heterocycles. The molecule has 0 unspecified atom stereocenters. The molecule has 0 atom stereocenters. The molecule has 0 saturated carbocycles. The quantitative estimate of drug-likeness (QED) is 0.192. The van der Waals surface area contributed by atoms with Gasteiger partial charge in [0.25, 0.3) is 0 Å². The van der Waals surface area contributed by atoms with Gasteiger partial charge in [0.2, 0.25) is 0 Å². The highest BCUT2D eigenvalue weighted by Crippen LogP contribution is 2.43. The van der Waals surface area contributed by atoms with E-state index in [2.05, 4.69) is 155 Å². The Morgan fingerprint density at radius 1 is 0.340 bits per heavy atom. The van der Waals surface area contributed by atoms with E-state index < -0.39 is 0 Å². The van der Waals surface area contributed by atoms with Gasteiger partial charge in [-0.15, -0.1) is 0 Å². The van der Waals surface area contributed by atoms with Crippen molar-refractivity contribution < 1.29 is 8.83 Å². The molecule has 0 bridgehead atoms. The number of benzene rings is 8. The first-order valence-corrected chi connectivity index (χ1v) is 16.9. The van der Waals surface area contributed by atoms with E-state index in [1.54, 1.807) is 0 Å². The van der Waals surface area contributed by atoms with E-state index in [0.717, 1.165) is 82.9 Å². The minimum absolute atomic E-state index is 0.862. The summed E-state index contributed by atoms with van der Waals surface area (Å²) in [7, 11) is 0. The summed E-state index contributed by atoms with van der Waals surface area (Å²) in [5.74, 6) is 0. The van der Waals surface area contributed by atoms with Gasteiger partial charge in [-0.2, -0.15) is 0 Å². The van der Waals surface area contributed by atoms with Crippen LogP contribution in [0.25, 0.3) is 82.1 Å². The van der Waals surface area contributed by atoms with Crippen molar-refractivity contribution in [3.63, 3.8) is 0 Å². The van der Waals surface area contributed by atoms with Gasteiger partial charge >= 0.3 is 0 Å². The van der Waals surface area contributed by atoms with Crippen molar-refractivity contribution in [2.24, 2.45) is 0 Å². The van der Waals surface area contributed by atoms with Crippen molar-refractivity contribution in [2.45, 2.75) is 0 Å². The Morgan fingerprint density at radius 3 is 1.70 bits per heavy atom. The number of anilines is 3. The summed E-state index contributed by atoms with van der Waals surface area (Å²) in [6.45, 7) is 0. The van der Waals surface area contributed by atoms with E-state index in [-0.39, 0.29) is 0 Å². The molecule has 0 amide bonds. The SMILES string of the molecule is c1ccc(-n2c3ccccc3c3ccc(N(c4ccc5cc6oc7ccccc7c6cc5c4)c4ccc5c(c4)oc4ccccc45)cc32)cc1. The topological polar surface area (TPSA) is 34.5 Å². The van der Waals surface area contributed by atoms with Gasteiger partial charge in [-0.1, -0.05) is 84.9 Å². The first-order valence-electron chi connectivity index (χ1n) is 16.9. The molecule has 0 spiro atoms. The summed E-state index contributed by atoms with van der Waals surface area (Å²) in [6.07, 6.45) is 0. The third-order valence-electron chi connectivity index (χ3n) is 10.1. The molecule has 0 saturated heterocycles. The van der Waals surface area contributed by atoms with Crippen molar-refractivity contribution in [1.29, 1.82) is 0 Å². The van der Waals surface area contributed by atoms with E-state index in [4.69, 9.17) is 8.83 Å². The zero-order valence-corrected chi connectivity index (χ0v) is 26.9. The Hall–Kier alpha value is -6.78. The maximum Gasteiger partial charge on any atom is 0.137 e. The molecule has 11 aromatic rings. The third-order valence-corrected chi connectivity index (χ3v) is 10.1. The maximum atomic E-state index is 6.41. The molecule has 0 fully saturated rings. The number of fused-ring (bicyclic) bond motifs is 10. The summed E-state index contributed by atoms with van der Waals surface area (Å²) < 4.78 is 15.0. The fraction of sp³-hybridized carbons (Fsp3) is 0. The average Bonchev–Trinajstić information content (AvgIpc) is 3.83. The van der Waals surface area contributed by atoms with Crippen LogP contribution < -0.4 is 4.90 Å². The van der Waals surface area contributed by atoms with Crippen LogP contribution in [0.15, 0.2) is 179 Å². The number of rotatable bonds is 4. The van der Waals surface area contributed by atoms with Crippen LogP contribution in [-0.2, 0) is 0 Å². The molecule has 0 radical (unpaired) electrons. The minimum atomic E-state index is 0.862. The molecule has 8 aromatic carbocycles. The fourth-order valence-electron chi connectivity index (χ4n) is 7.85. The molecule has 11 rings (SSSR count). The molecule has 3 aromatic heterocycles. The van der Waals surface area contributed by atoms with Crippen LogP contribution in [0.3, 0.4) is 0 Å². The van der Waals surface area contributed by atoms with Crippen molar-refractivity contribution in [1.82, 2.24) is 4.57 Å². The Balaban J connectivity index is 1.17. The zero-order valence-electron chi connectivity index (χ0n) is 26.9. The Kier molecular flexibility index (Phi) is 5.63. The number of nitrogens with zero attached hydrogens (tertiary/aromatic N) is 2. The van der Waals surface area contributed by atoms with Crippen LogP contribution in [0.1, 0.15) is 0 Å². The molecule has 234 valence electrons. The van der Waals surface area contributed by atoms with Crippen LogP contribution in [-0.4, -0.2) is 4.57 Å². The molecule has 3 heterocycles. The fourth-order valence-corrected chi connectivity index (χ4v) is 7.85. The molecule has 0 aliphatic carbocycles. The molecule has 4 nitrogen and oxygen atoms in total. The first-order chi connectivity index (χ1) is 24.8. The van der Waals surface area contributed by atoms with Gasteiger partial charge in [-0.25, -0.2) is 0 Å². The van der Waals surface area contributed by atoms with Crippen LogP contribution in [0.2, 0.25) is 0 Å². The molecule has 0 N–H and O–H groups in total. The number of aromatic nitrogens is 1. The molecular weight excluding hydrogens is 613 g/mol. The second-order valence-electron chi connectivity index (χ2n) is 13.0. The van der Waals surface area contributed by atoms with Crippen molar-refractivity contribution in [2.75, 3.05) is 4.90 Å². The van der Waals surface area contributed by atoms with Gasteiger partial charge in [0.1, 0.15) is 22.3 Å². The molecule has 0 aliphatic rings. The van der Waals surface area contributed by atoms with Gasteiger partial charge in [0, 0.05) is 61.1 Å². The number of hydrogen-bond donors (Lipinski definition) is 0. The lowest BCUT2D eigenvalue weighted by Gasteiger charge is -2.26. The highest BCUT2D eigenvalue weighted by Gasteiger charge is 2.20. The molecule has 4 heteroatoms. The summed E-state index contributed by atoms with van der Waals surface area (Å²) in [4.78, 5) is 2.34. The predicted molar refractivity (Wildman–Crippen MR) is 208 cm³/mol. The van der Waals surface area contributed by atoms with E-state index in [1.807, 2.05) is 24.3 Å². The maximum absolute atomic E-state index is 6.41. The van der Waals surface area contributed by atoms with Crippen molar-refractivity contribution in [3.8, 4) is 5.69 Å². The van der Waals surface area contributed by atoms with Crippen LogP contribution in [0, 0.1) is 0 Å². The third kappa shape index (κ3) is 3.99. The highest BCUT2D eigenvalue weighted by atomic mass is 16.3. The first kappa shape index (κ1) is 27.2. The van der Waals surface area contributed by atoms with Gasteiger partial charge in [-0.05, 0) is 89.6 Å². The minimum Gasteiger partial charge on any atom is -0.456 e. The average molecular weight is 641 g/mol. The highest BCUT2D eigenvalue weighted by molar-refractivity contribution is 6.12. The smallest absolute Gasteiger partial charge is 0.137 e. The molecular formula is C46H28N2O2. The van der Waals surface area contributed by atoms with E-state index in [1.165, 1.54) is 16.3 Å². The van der Waals surface area contributed by atoms with E-state index in [9.17, 15) is 0 Å². The van der Waals surface area contributed by atoms with E-state index in [0.29, 0.717) is 0 Å². The Morgan fingerprint density at radius 2 is 0.900 bits per heavy atom. The van der Waals surface area contributed by atoms with Crippen LogP contribution in [0.4, 0.5) is 17.1 Å². The number of para-hydroxylation sites is 4. The monoisotopic (exact) mass is 640 g/mol. The Bertz CT molecular complexity index is 3110. The normalized spacial score (nSPS) is 12.0. The lowest BCUT2D eigenvalue weighted by atomic mass is 10.0. The van der Waals surface area contributed by atoms with Gasteiger partial charge in [-0.3, -0.25) is 0 Å². The summed E-state index contributed by atoms with van der Waals surface area (Å²) in [5, 5.41) is 9.20. The molecule has 50 heavy (non-hydrogen) atoms. The Labute approximate surface area is 286 Å². The summed E-state index contributed by atoms with van der Waals surface area (Å²) in [5.41, 5.74) is 10.2. The summed E-state index contributed by atoms with van der Waals surface area (Å²) >= 11 is 0. The largest absolute Gasteiger partial charge is 0.456 e. The van der Waals surface area contributed by atoms with Gasteiger partial charge < -0.3 is 18.3 Å². The van der Waals surface area contributed by atoms with Crippen molar-refractivity contribution >= 4 is 93.5 Å². The second-order valence-corrected chi connectivity index (χ2v) is 13.0. The lowest BCUT2D eigenvalue weighted by Crippen LogP contribution is -2.10. The van der Waals surface area contributed by atoms with Gasteiger partial charge in [0.15, 0.2) is 0 Å². The second kappa shape index (κ2) is 10.4. The number of hydrogen-bond acceptors (Lipinski definition) is 3. The predicted octanol–water partition coefficient (Wildman–Crippen LogP) is 13.2. The zero-order chi connectivity index (χ0) is 32.8. The van der Waals surface area contributed by atoms with Crippen LogP contribution in [0.5, 0.6) is 0 Å².